The fourth-order valence-corrected chi connectivity index (χ4v) is 4.10. The molecule has 7 nitrogen and oxygen atoms in total. The number of guanidine groups is 1. The van der Waals surface area contributed by atoms with Gasteiger partial charge < -0.3 is 14.4 Å². The molecule has 2 atom stereocenters. The van der Waals surface area contributed by atoms with Crippen molar-refractivity contribution in [2.75, 3.05) is 19.8 Å². The molecule has 0 bridgehead atoms. The van der Waals surface area contributed by atoms with Crippen molar-refractivity contribution >= 4 is 17.8 Å². The highest BCUT2D eigenvalue weighted by molar-refractivity contribution is 6.08. The highest BCUT2D eigenvalue weighted by Crippen LogP contribution is 2.33. The summed E-state index contributed by atoms with van der Waals surface area (Å²) in [5.74, 6) is -0.838. The van der Waals surface area contributed by atoms with Crippen LogP contribution in [0, 0.1) is 5.92 Å². The van der Waals surface area contributed by atoms with Crippen molar-refractivity contribution in [3.63, 3.8) is 0 Å². The van der Waals surface area contributed by atoms with Gasteiger partial charge in [-0.25, -0.2) is 4.99 Å². The third kappa shape index (κ3) is 4.40. The second-order valence-electron chi connectivity index (χ2n) is 7.56. The number of rotatable bonds is 5. The van der Waals surface area contributed by atoms with E-state index in [4.69, 9.17) is 14.5 Å². The van der Waals surface area contributed by atoms with Gasteiger partial charge in [0.1, 0.15) is 11.8 Å². The standard InChI is InChI=1S/C24H27N3O4/c1-3-30-19-11-7-10-17(14-19)21-20(23(29)31-4-2)22(28)26-24(25-21)27-13-12-16-8-5-6-9-18(16)15-27/h5-11,14,20-21H,3-4,12-13,15H2,1-2H3,(H,25,26,28)/t20-,21+/m0/s1. The zero-order valence-electron chi connectivity index (χ0n) is 17.8. The first-order valence-electron chi connectivity index (χ1n) is 10.7. The van der Waals surface area contributed by atoms with Gasteiger partial charge in [0.05, 0.1) is 13.2 Å². The molecule has 2 aliphatic rings. The molecule has 2 aromatic rings. The number of nitrogens with one attached hydrogen (secondary N) is 1. The summed E-state index contributed by atoms with van der Waals surface area (Å²) in [6.07, 6.45) is 0.872. The first-order valence-corrected chi connectivity index (χ1v) is 10.7. The molecule has 0 radical (unpaired) electrons. The van der Waals surface area contributed by atoms with Gasteiger partial charge in [-0.3, -0.25) is 14.9 Å². The van der Waals surface area contributed by atoms with Gasteiger partial charge in [-0.05, 0) is 49.1 Å². The first-order chi connectivity index (χ1) is 15.1. The molecular weight excluding hydrogens is 394 g/mol. The van der Waals surface area contributed by atoms with E-state index in [2.05, 4.69) is 22.3 Å². The SMILES string of the molecule is CCOC(=O)[C@@H]1C(=O)NC(N2CCc3ccccc3C2)=N[C@@H]1c1cccc(OCC)c1. The van der Waals surface area contributed by atoms with Crippen LogP contribution in [0.1, 0.15) is 36.6 Å². The third-order valence-corrected chi connectivity index (χ3v) is 5.58. The number of benzene rings is 2. The summed E-state index contributed by atoms with van der Waals surface area (Å²) in [6, 6.07) is 15.0. The van der Waals surface area contributed by atoms with Gasteiger partial charge >= 0.3 is 5.97 Å². The summed E-state index contributed by atoms with van der Waals surface area (Å²) in [4.78, 5) is 32.6. The lowest BCUT2D eigenvalue weighted by atomic mass is 9.91. The van der Waals surface area contributed by atoms with Crippen LogP contribution in [-0.4, -0.2) is 42.5 Å². The molecule has 2 aliphatic heterocycles. The normalized spacial score (nSPS) is 20.4. The number of esters is 1. The van der Waals surface area contributed by atoms with E-state index in [1.165, 1.54) is 11.1 Å². The van der Waals surface area contributed by atoms with E-state index >= 15 is 0 Å². The maximum atomic E-state index is 13.1. The molecule has 0 saturated heterocycles. The number of hydrogen-bond donors (Lipinski definition) is 1. The Bertz CT molecular complexity index is 1000. The molecule has 7 heteroatoms. The molecule has 1 amide bonds. The van der Waals surface area contributed by atoms with Gasteiger partial charge in [-0.2, -0.15) is 0 Å². The quantitative estimate of drug-likeness (QED) is 0.593. The van der Waals surface area contributed by atoms with E-state index in [1.807, 2.05) is 43.3 Å². The summed E-state index contributed by atoms with van der Waals surface area (Å²) >= 11 is 0. The van der Waals surface area contributed by atoms with E-state index in [0.29, 0.717) is 24.9 Å². The number of carbonyl (C=O) groups is 2. The highest BCUT2D eigenvalue weighted by atomic mass is 16.5. The van der Waals surface area contributed by atoms with Crippen molar-refractivity contribution in [3.8, 4) is 5.75 Å². The Hall–Kier alpha value is -3.35. The van der Waals surface area contributed by atoms with Crippen LogP contribution in [0.5, 0.6) is 5.75 Å². The van der Waals surface area contributed by atoms with Crippen molar-refractivity contribution < 1.29 is 19.1 Å². The van der Waals surface area contributed by atoms with Crippen molar-refractivity contribution in [3.05, 3.63) is 65.2 Å². The molecule has 0 unspecified atom stereocenters. The first kappa shape index (κ1) is 20.9. The Labute approximate surface area is 182 Å². The fraction of sp³-hybridized carbons (Fsp3) is 0.375. The van der Waals surface area contributed by atoms with E-state index in [0.717, 1.165) is 18.5 Å². The lowest BCUT2D eigenvalue weighted by Crippen LogP contribution is -2.53. The van der Waals surface area contributed by atoms with Crippen LogP contribution in [0.25, 0.3) is 0 Å². The van der Waals surface area contributed by atoms with Crippen LogP contribution in [-0.2, 0) is 27.3 Å². The molecule has 0 saturated carbocycles. The van der Waals surface area contributed by atoms with Gasteiger partial charge in [0.2, 0.25) is 11.9 Å². The Morgan fingerprint density at radius 2 is 1.94 bits per heavy atom. The molecule has 0 spiro atoms. The summed E-state index contributed by atoms with van der Waals surface area (Å²) in [5, 5.41) is 2.85. The van der Waals surface area contributed by atoms with Crippen LogP contribution in [0.4, 0.5) is 0 Å². The van der Waals surface area contributed by atoms with Gasteiger partial charge in [-0.1, -0.05) is 36.4 Å². The molecule has 31 heavy (non-hydrogen) atoms. The van der Waals surface area contributed by atoms with Crippen LogP contribution in [0.15, 0.2) is 53.5 Å². The number of ether oxygens (including phenoxy) is 2. The summed E-state index contributed by atoms with van der Waals surface area (Å²) in [5.41, 5.74) is 3.27. The molecule has 1 N–H and O–H groups in total. The zero-order chi connectivity index (χ0) is 21.8. The predicted octanol–water partition coefficient (Wildman–Crippen LogP) is 2.85. The molecule has 162 valence electrons. The largest absolute Gasteiger partial charge is 0.494 e. The average molecular weight is 421 g/mol. The highest BCUT2D eigenvalue weighted by Gasteiger charge is 2.42. The smallest absolute Gasteiger partial charge is 0.321 e. The van der Waals surface area contributed by atoms with E-state index in [1.54, 1.807) is 6.92 Å². The average Bonchev–Trinajstić information content (AvgIpc) is 2.78. The monoisotopic (exact) mass is 421 g/mol. The number of nitrogens with zero attached hydrogens (tertiary/aromatic N) is 2. The summed E-state index contributed by atoms with van der Waals surface area (Å²) in [7, 11) is 0. The molecule has 0 aromatic heterocycles. The van der Waals surface area contributed by atoms with Gasteiger partial charge in [0, 0.05) is 13.1 Å². The molecule has 0 aliphatic carbocycles. The van der Waals surface area contributed by atoms with Gasteiger partial charge in [-0.15, -0.1) is 0 Å². The molecule has 4 rings (SSSR count). The molecule has 2 aromatic carbocycles. The Kier molecular flexibility index (Phi) is 6.21. The maximum Gasteiger partial charge on any atom is 0.321 e. The summed E-state index contributed by atoms with van der Waals surface area (Å²) < 4.78 is 10.8. The second-order valence-corrected chi connectivity index (χ2v) is 7.56. The molecule has 2 heterocycles. The van der Waals surface area contributed by atoms with Crippen LogP contribution in [0.3, 0.4) is 0 Å². The number of amides is 1. The lowest BCUT2D eigenvalue weighted by Gasteiger charge is -2.36. The van der Waals surface area contributed by atoms with Crippen LogP contribution >= 0.6 is 0 Å². The van der Waals surface area contributed by atoms with E-state index in [9.17, 15) is 9.59 Å². The maximum absolute atomic E-state index is 13.1. The topological polar surface area (TPSA) is 80.2 Å². The van der Waals surface area contributed by atoms with Crippen molar-refractivity contribution in [2.24, 2.45) is 10.9 Å². The van der Waals surface area contributed by atoms with Crippen LogP contribution < -0.4 is 10.1 Å². The second kappa shape index (κ2) is 9.20. The number of hydrogen-bond acceptors (Lipinski definition) is 6. The zero-order valence-corrected chi connectivity index (χ0v) is 17.8. The van der Waals surface area contributed by atoms with Crippen LogP contribution in [0.2, 0.25) is 0 Å². The fourth-order valence-electron chi connectivity index (χ4n) is 4.10. The third-order valence-electron chi connectivity index (χ3n) is 5.58. The van der Waals surface area contributed by atoms with Gasteiger partial charge in [0.15, 0.2) is 5.92 Å². The minimum absolute atomic E-state index is 0.202. The number of fused-ring (bicyclic) bond motifs is 1. The Morgan fingerprint density at radius 3 is 2.71 bits per heavy atom. The Balaban J connectivity index is 1.69. The van der Waals surface area contributed by atoms with E-state index in [-0.39, 0.29) is 6.61 Å². The predicted molar refractivity (Wildman–Crippen MR) is 117 cm³/mol. The minimum atomic E-state index is -1.04. The molecule has 0 fully saturated rings. The number of aliphatic imine (C=N–C) groups is 1. The lowest BCUT2D eigenvalue weighted by molar-refractivity contribution is -0.153. The minimum Gasteiger partial charge on any atom is -0.494 e. The van der Waals surface area contributed by atoms with Crippen molar-refractivity contribution in [2.45, 2.75) is 32.9 Å². The van der Waals surface area contributed by atoms with E-state index < -0.39 is 23.8 Å². The van der Waals surface area contributed by atoms with Crippen molar-refractivity contribution in [1.29, 1.82) is 0 Å². The summed E-state index contributed by atoms with van der Waals surface area (Å²) in [6.45, 7) is 5.76. The molecular formula is C24H27N3O4. The van der Waals surface area contributed by atoms with Crippen molar-refractivity contribution in [1.82, 2.24) is 10.2 Å². The number of carbonyl (C=O) groups excluding carboxylic acids is 2. The van der Waals surface area contributed by atoms with Gasteiger partial charge in [0.25, 0.3) is 0 Å². The Morgan fingerprint density at radius 1 is 1.13 bits per heavy atom.